The van der Waals surface area contributed by atoms with Gasteiger partial charge in [0, 0.05) is 35.6 Å². The zero-order valence-electron chi connectivity index (χ0n) is 17.2. The summed E-state index contributed by atoms with van der Waals surface area (Å²) in [6, 6.07) is 4.51. The molecular weight excluding hydrogens is 395 g/mol. The van der Waals surface area contributed by atoms with E-state index < -0.39 is 0 Å². The number of rotatable bonds is 3. The molecule has 0 saturated heterocycles. The fourth-order valence-corrected chi connectivity index (χ4v) is 3.79. The lowest BCUT2D eigenvalue weighted by Crippen LogP contribution is -2.07. The summed E-state index contributed by atoms with van der Waals surface area (Å²) in [6.07, 6.45) is 6.78. The van der Waals surface area contributed by atoms with Crippen LogP contribution in [0.3, 0.4) is 0 Å². The van der Waals surface area contributed by atoms with Gasteiger partial charge in [0.05, 0.1) is 17.0 Å². The largest absolute Gasteiger partial charge is 0.324 e. The molecule has 4 aromatic heterocycles. The van der Waals surface area contributed by atoms with Gasteiger partial charge < -0.3 is 5.73 Å². The molecule has 0 aliphatic heterocycles. The van der Waals surface area contributed by atoms with Crippen molar-refractivity contribution in [1.29, 1.82) is 0 Å². The van der Waals surface area contributed by atoms with E-state index in [-0.39, 0.29) is 11.9 Å². The third-order valence-corrected chi connectivity index (χ3v) is 5.28. The average Bonchev–Trinajstić information content (AvgIpc) is 3.23. The summed E-state index contributed by atoms with van der Waals surface area (Å²) in [5.41, 5.74) is 10.5. The smallest absolute Gasteiger partial charge is 0.169 e. The summed E-state index contributed by atoms with van der Waals surface area (Å²) < 4.78 is 16.0. The lowest BCUT2D eigenvalue weighted by atomic mass is 9.99. The van der Waals surface area contributed by atoms with Crippen molar-refractivity contribution in [1.82, 2.24) is 34.5 Å². The Hall–Kier alpha value is -3.85. The third-order valence-electron chi connectivity index (χ3n) is 5.28. The number of hydrogen-bond acceptors (Lipinski definition) is 7. The monoisotopic (exact) mass is 414 g/mol. The minimum absolute atomic E-state index is 0.348. The van der Waals surface area contributed by atoms with Crippen molar-refractivity contribution >= 4 is 16.4 Å². The van der Waals surface area contributed by atoms with Crippen LogP contribution < -0.4 is 5.73 Å². The number of pyridine rings is 1. The lowest BCUT2D eigenvalue weighted by molar-refractivity contribution is 0.625. The molecule has 154 valence electrons. The highest BCUT2D eigenvalue weighted by Gasteiger charge is 2.17. The van der Waals surface area contributed by atoms with Gasteiger partial charge in [-0.25, -0.2) is 24.3 Å². The van der Waals surface area contributed by atoms with Gasteiger partial charge in [-0.1, -0.05) is 0 Å². The minimum atomic E-state index is -0.360. The Bertz CT molecular complexity index is 1440. The molecule has 0 aliphatic carbocycles. The standard InChI is InChI=1S/C22H19FN8/c1-11(24)16-4-15(23)5-18-17(16)6-20(31-10-28-30-22(18)31)14-7-26-21(27-8-14)19-9-25-13(3)29-12(19)2/h4-11H,24H2,1-3H3/t11-/m1/s1. The fraction of sp³-hybridized carbons (Fsp3) is 0.182. The summed E-state index contributed by atoms with van der Waals surface area (Å²) >= 11 is 0. The van der Waals surface area contributed by atoms with Crippen LogP contribution in [0.1, 0.15) is 30.0 Å². The van der Waals surface area contributed by atoms with Gasteiger partial charge in [0.25, 0.3) is 0 Å². The molecular formula is C22H19FN8. The van der Waals surface area contributed by atoms with Gasteiger partial charge >= 0.3 is 0 Å². The van der Waals surface area contributed by atoms with Gasteiger partial charge in [-0.15, -0.1) is 10.2 Å². The zero-order valence-corrected chi connectivity index (χ0v) is 17.2. The summed E-state index contributed by atoms with van der Waals surface area (Å²) in [5.74, 6) is 0.881. The molecule has 0 aliphatic rings. The van der Waals surface area contributed by atoms with E-state index in [9.17, 15) is 4.39 Å². The average molecular weight is 414 g/mol. The van der Waals surface area contributed by atoms with E-state index >= 15 is 0 Å². The maximum atomic E-state index is 14.2. The first kappa shape index (κ1) is 19.1. The van der Waals surface area contributed by atoms with E-state index in [1.807, 2.05) is 26.8 Å². The number of fused-ring (bicyclic) bond motifs is 3. The Kier molecular flexibility index (Phi) is 4.40. The Morgan fingerprint density at radius 2 is 1.77 bits per heavy atom. The molecule has 8 nitrogen and oxygen atoms in total. The molecule has 2 N–H and O–H groups in total. The van der Waals surface area contributed by atoms with Crippen molar-refractivity contribution in [3.05, 3.63) is 66.0 Å². The normalized spacial score (nSPS) is 12.5. The molecule has 31 heavy (non-hydrogen) atoms. The number of nitrogens with two attached hydrogens (primary N) is 1. The first-order valence-electron chi connectivity index (χ1n) is 9.77. The van der Waals surface area contributed by atoms with E-state index in [2.05, 4.69) is 30.1 Å². The summed E-state index contributed by atoms with van der Waals surface area (Å²) in [6.45, 7) is 5.57. The van der Waals surface area contributed by atoms with Gasteiger partial charge in [-0.2, -0.15) is 0 Å². The topological polar surface area (TPSA) is 108 Å². The van der Waals surface area contributed by atoms with Crippen molar-refractivity contribution in [3.63, 3.8) is 0 Å². The second-order valence-corrected chi connectivity index (χ2v) is 7.51. The van der Waals surface area contributed by atoms with Crippen LogP contribution in [0, 0.1) is 19.7 Å². The third kappa shape index (κ3) is 3.19. The van der Waals surface area contributed by atoms with Crippen molar-refractivity contribution in [2.45, 2.75) is 26.8 Å². The Morgan fingerprint density at radius 1 is 1.00 bits per heavy atom. The number of hydrogen-bond donors (Lipinski definition) is 1. The van der Waals surface area contributed by atoms with Crippen LogP contribution in [0.5, 0.6) is 0 Å². The molecule has 0 saturated carbocycles. The van der Waals surface area contributed by atoms with Gasteiger partial charge in [0.2, 0.25) is 0 Å². The first-order valence-corrected chi connectivity index (χ1v) is 9.77. The molecule has 9 heteroatoms. The summed E-state index contributed by atoms with van der Waals surface area (Å²) in [5, 5.41) is 9.71. The second kappa shape index (κ2) is 7.13. The predicted octanol–water partition coefficient (Wildman–Crippen LogP) is 3.57. The highest BCUT2D eigenvalue weighted by atomic mass is 19.1. The van der Waals surface area contributed by atoms with Crippen molar-refractivity contribution in [2.24, 2.45) is 5.73 Å². The van der Waals surface area contributed by atoms with E-state index in [0.29, 0.717) is 28.2 Å². The van der Waals surface area contributed by atoms with Crippen molar-refractivity contribution < 1.29 is 4.39 Å². The molecule has 0 radical (unpaired) electrons. The highest BCUT2D eigenvalue weighted by Crippen LogP contribution is 2.32. The maximum absolute atomic E-state index is 14.2. The number of nitrogens with zero attached hydrogens (tertiary/aromatic N) is 7. The minimum Gasteiger partial charge on any atom is -0.324 e. The molecule has 5 aromatic rings. The van der Waals surface area contributed by atoms with Crippen LogP contribution >= 0.6 is 0 Å². The highest BCUT2D eigenvalue weighted by molar-refractivity contribution is 5.98. The van der Waals surface area contributed by atoms with E-state index in [0.717, 1.165) is 27.9 Å². The summed E-state index contributed by atoms with van der Waals surface area (Å²) in [4.78, 5) is 17.7. The van der Waals surface area contributed by atoms with Gasteiger partial charge in [-0.3, -0.25) is 4.40 Å². The van der Waals surface area contributed by atoms with Crippen LogP contribution in [0.4, 0.5) is 4.39 Å². The van der Waals surface area contributed by atoms with Crippen molar-refractivity contribution in [2.75, 3.05) is 0 Å². The lowest BCUT2D eigenvalue weighted by Gasteiger charge is -2.14. The number of halogens is 1. The van der Waals surface area contributed by atoms with Gasteiger partial charge in [0.1, 0.15) is 18.0 Å². The van der Waals surface area contributed by atoms with Crippen LogP contribution in [-0.4, -0.2) is 34.5 Å². The molecule has 0 fully saturated rings. The van der Waals surface area contributed by atoms with Crippen LogP contribution in [0.15, 0.2) is 43.1 Å². The first-order chi connectivity index (χ1) is 14.9. The molecule has 1 atom stereocenters. The molecule has 4 heterocycles. The number of aromatic nitrogens is 7. The summed E-state index contributed by atoms with van der Waals surface area (Å²) in [7, 11) is 0. The van der Waals surface area contributed by atoms with E-state index in [1.165, 1.54) is 12.1 Å². The van der Waals surface area contributed by atoms with Gasteiger partial charge in [-0.05, 0) is 49.9 Å². The van der Waals surface area contributed by atoms with Crippen LogP contribution in [0.25, 0.3) is 39.1 Å². The van der Waals surface area contributed by atoms with E-state index in [1.54, 1.807) is 29.3 Å². The molecule has 0 bridgehead atoms. The fourth-order valence-electron chi connectivity index (χ4n) is 3.79. The molecule has 0 unspecified atom stereocenters. The maximum Gasteiger partial charge on any atom is 0.169 e. The predicted molar refractivity (Wildman–Crippen MR) is 115 cm³/mol. The van der Waals surface area contributed by atoms with Crippen LogP contribution in [0.2, 0.25) is 0 Å². The molecule has 0 spiro atoms. The van der Waals surface area contributed by atoms with Crippen molar-refractivity contribution in [3.8, 4) is 22.6 Å². The Labute approximate surface area is 177 Å². The Balaban J connectivity index is 1.70. The second-order valence-electron chi connectivity index (χ2n) is 7.51. The molecule has 1 aromatic carbocycles. The Morgan fingerprint density at radius 3 is 2.48 bits per heavy atom. The quantitative estimate of drug-likeness (QED) is 0.481. The van der Waals surface area contributed by atoms with E-state index in [4.69, 9.17) is 5.73 Å². The number of aryl methyl sites for hydroxylation is 2. The molecule has 0 amide bonds. The zero-order chi connectivity index (χ0) is 21.7. The SMILES string of the molecule is Cc1ncc(-c2ncc(-c3cc4c([C@@H](C)N)cc(F)cc4c4nncn34)cn2)c(C)n1. The van der Waals surface area contributed by atoms with Gasteiger partial charge in [0.15, 0.2) is 11.5 Å². The van der Waals surface area contributed by atoms with Crippen LogP contribution in [-0.2, 0) is 0 Å². The number of benzene rings is 1. The molecule has 5 rings (SSSR count).